The fraction of sp³-hybridized carbons (Fsp3) is 0.562. The molecule has 1 saturated heterocycles. The van der Waals surface area contributed by atoms with Gasteiger partial charge in [-0.2, -0.15) is 0 Å². The van der Waals surface area contributed by atoms with Gasteiger partial charge in [-0.05, 0) is 38.1 Å². The molecule has 0 unspecified atom stereocenters. The lowest BCUT2D eigenvalue weighted by atomic mass is 10.2. The van der Waals surface area contributed by atoms with Crippen molar-refractivity contribution in [3.05, 3.63) is 30.1 Å². The lowest BCUT2D eigenvalue weighted by Crippen LogP contribution is -2.52. The average Bonchev–Trinajstić information content (AvgIpc) is 2.56. The van der Waals surface area contributed by atoms with Crippen LogP contribution in [0, 0.1) is 0 Å². The Bertz CT molecular complexity index is 498. The second-order valence-electron chi connectivity index (χ2n) is 5.59. The summed E-state index contributed by atoms with van der Waals surface area (Å²) in [5, 5.41) is 0. The lowest BCUT2D eigenvalue weighted by molar-refractivity contribution is -0.152. The minimum Gasteiger partial charge on any atom is -0.334 e. The van der Waals surface area contributed by atoms with Gasteiger partial charge in [-0.1, -0.05) is 0 Å². The maximum absolute atomic E-state index is 12.4. The Morgan fingerprint density at radius 2 is 1.82 bits per heavy atom. The fourth-order valence-corrected chi connectivity index (χ4v) is 2.50. The van der Waals surface area contributed by atoms with Crippen LogP contribution >= 0.6 is 0 Å². The molecule has 0 aromatic carbocycles. The van der Waals surface area contributed by atoms with Crippen molar-refractivity contribution >= 4 is 11.8 Å². The Balaban J connectivity index is 1.89. The number of piperazine rings is 1. The SMILES string of the molecule is CCN(CCc1ccncc1)C(=O)C(=O)N1CCN(C)CC1. The van der Waals surface area contributed by atoms with Crippen molar-refractivity contribution in [3.8, 4) is 0 Å². The van der Waals surface area contributed by atoms with Crippen molar-refractivity contribution in [3.63, 3.8) is 0 Å². The van der Waals surface area contributed by atoms with Crippen LogP contribution in [-0.4, -0.2) is 77.8 Å². The van der Waals surface area contributed by atoms with Crippen molar-refractivity contribution in [1.82, 2.24) is 19.7 Å². The minimum absolute atomic E-state index is 0.371. The van der Waals surface area contributed by atoms with Gasteiger partial charge in [0.1, 0.15) is 0 Å². The summed E-state index contributed by atoms with van der Waals surface area (Å²) in [6.07, 6.45) is 4.21. The summed E-state index contributed by atoms with van der Waals surface area (Å²) in [6.45, 7) is 5.90. The molecule has 0 saturated carbocycles. The molecule has 0 bridgehead atoms. The van der Waals surface area contributed by atoms with E-state index in [9.17, 15) is 9.59 Å². The quantitative estimate of drug-likeness (QED) is 0.748. The smallest absolute Gasteiger partial charge is 0.312 e. The van der Waals surface area contributed by atoms with E-state index in [-0.39, 0.29) is 11.8 Å². The topological polar surface area (TPSA) is 56.8 Å². The third-order valence-corrected chi connectivity index (χ3v) is 4.06. The highest BCUT2D eigenvalue weighted by molar-refractivity contribution is 6.34. The Morgan fingerprint density at radius 3 is 2.41 bits per heavy atom. The van der Waals surface area contributed by atoms with E-state index >= 15 is 0 Å². The zero-order valence-electron chi connectivity index (χ0n) is 13.4. The number of rotatable bonds is 4. The van der Waals surface area contributed by atoms with E-state index in [0.717, 1.165) is 25.1 Å². The average molecular weight is 304 g/mol. The molecule has 6 heteroatoms. The van der Waals surface area contributed by atoms with Crippen molar-refractivity contribution in [2.24, 2.45) is 0 Å². The lowest BCUT2D eigenvalue weighted by Gasteiger charge is -2.33. The monoisotopic (exact) mass is 304 g/mol. The fourth-order valence-electron chi connectivity index (χ4n) is 2.50. The molecule has 2 heterocycles. The molecule has 0 radical (unpaired) electrons. The van der Waals surface area contributed by atoms with Crippen molar-refractivity contribution in [1.29, 1.82) is 0 Å². The molecule has 1 aromatic heterocycles. The number of pyridine rings is 1. The summed E-state index contributed by atoms with van der Waals surface area (Å²) in [5.74, 6) is -0.759. The Morgan fingerprint density at radius 1 is 1.18 bits per heavy atom. The zero-order chi connectivity index (χ0) is 15.9. The highest BCUT2D eigenvalue weighted by Gasteiger charge is 2.28. The second kappa shape index (κ2) is 7.89. The number of carbonyl (C=O) groups excluding carboxylic acids is 2. The normalized spacial score (nSPS) is 15.6. The third kappa shape index (κ3) is 4.27. The first kappa shape index (κ1) is 16.4. The van der Waals surface area contributed by atoms with E-state index < -0.39 is 0 Å². The van der Waals surface area contributed by atoms with Gasteiger partial charge in [-0.25, -0.2) is 0 Å². The number of aromatic nitrogens is 1. The van der Waals surface area contributed by atoms with Crippen LogP contribution in [0.5, 0.6) is 0 Å². The molecule has 1 fully saturated rings. The van der Waals surface area contributed by atoms with E-state index in [0.29, 0.717) is 26.2 Å². The van der Waals surface area contributed by atoms with Gasteiger partial charge in [-0.3, -0.25) is 14.6 Å². The van der Waals surface area contributed by atoms with Gasteiger partial charge in [0.2, 0.25) is 0 Å². The molecule has 2 amide bonds. The molecule has 1 aliphatic rings. The van der Waals surface area contributed by atoms with Gasteiger partial charge in [0.15, 0.2) is 0 Å². The number of nitrogens with zero attached hydrogens (tertiary/aromatic N) is 4. The van der Waals surface area contributed by atoms with E-state index in [4.69, 9.17) is 0 Å². The number of likely N-dealkylation sites (N-methyl/N-ethyl adjacent to an activating group) is 2. The van der Waals surface area contributed by atoms with Gasteiger partial charge in [0.25, 0.3) is 0 Å². The first-order valence-electron chi connectivity index (χ1n) is 7.77. The molecule has 0 N–H and O–H groups in total. The van der Waals surface area contributed by atoms with Crippen molar-refractivity contribution in [2.45, 2.75) is 13.3 Å². The largest absolute Gasteiger partial charge is 0.334 e. The van der Waals surface area contributed by atoms with Crippen LogP contribution in [0.25, 0.3) is 0 Å². The van der Waals surface area contributed by atoms with Gasteiger partial charge in [0, 0.05) is 51.7 Å². The second-order valence-corrected chi connectivity index (χ2v) is 5.59. The van der Waals surface area contributed by atoms with Crippen LogP contribution in [-0.2, 0) is 16.0 Å². The Kier molecular flexibility index (Phi) is 5.89. The van der Waals surface area contributed by atoms with E-state index in [2.05, 4.69) is 9.88 Å². The molecule has 0 aliphatic carbocycles. The molecule has 0 spiro atoms. The Hall–Kier alpha value is -1.95. The van der Waals surface area contributed by atoms with E-state index in [1.807, 2.05) is 26.1 Å². The van der Waals surface area contributed by atoms with Gasteiger partial charge >= 0.3 is 11.8 Å². The maximum Gasteiger partial charge on any atom is 0.312 e. The third-order valence-electron chi connectivity index (χ3n) is 4.06. The van der Waals surface area contributed by atoms with Crippen LogP contribution < -0.4 is 0 Å². The summed E-state index contributed by atoms with van der Waals surface area (Å²) in [7, 11) is 2.02. The zero-order valence-corrected chi connectivity index (χ0v) is 13.4. The molecule has 2 rings (SSSR count). The maximum atomic E-state index is 12.4. The van der Waals surface area contributed by atoms with Crippen LogP contribution in [0.15, 0.2) is 24.5 Å². The summed E-state index contributed by atoms with van der Waals surface area (Å²) in [5.41, 5.74) is 1.12. The van der Waals surface area contributed by atoms with E-state index in [1.54, 1.807) is 22.2 Å². The summed E-state index contributed by atoms with van der Waals surface area (Å²) in [6, 6.07) is 3.86. The summed E-state index contributed by atoms with van der Waals surface area (Å²) in [4.78, 5) is 34.1. The predicted octanol–water partition coefficient (Wildman–Crippen LogP) is 0.247. The first-order chi connectivity index (χ1) is 10.6. The molecule has 6 nitrogen and oxygen atoms in total. The van der Waals surface area contributed by atoms with Crippen LogP contribution in [0.3, 0.4) is 0 Å². The first-order valence-corrected chi connectivity index (χ1v) is 7.77. The molecular formula is C16H24N4O2. The standard InChI is InChI=1S/C16H24N4O2/c1-3-19(9-6-14-4-7-17-8-5-14)15(21)16(22)20-12-10-18(2)11-13-20/h4-5,7-8H,3,6,9-13H2,1-2H3. The van der Waals surface area contributed by atoms with Crippen LogP contribution in [0.2, 0.25) is 0 Å². The molecular weight excluding hydrogens is 280 g/mol. The van der Waals surface area contributed by atoms with Crippen molar-refractivity contribution < 1.29 is 9.59 Å². The summed E-state index contributed by atoms with van der Waals surface area (Å²) < 4.78 is 0. The van der Waals surface area contributed by atoms with Crippen molar-refractivity contribution in [2.75, 3.05) is 46.3 Å². The minimum atomic E-state index is -0.388. The van der Waals surface area contributed by atoms with Crippen LogP contribution in [0.4, 0.5) is 0 Å². The van der Waals surface area contributed by atoms with Gasteiger partial charge in [-0.15, -0.1) is 0 Å². The highest BCUT2D eigenvalue weighted by atomic mass is 16.2. The van der Waals surface area contributed by atoms with Gasteiger partial charge in [0.05, 0.1) is 0 Å². The molecule has 120 valence electrons. The number of hydrogen-bond donors (Lipinski definition) is 0. The molecule has 0 atom stereocenters. The molecule has 22 heavy (non-hydrogen) atoms. The van der Waals surface area contributed by atoms with Crippen LogP contribution in [0.1, 0.15) is 12.5 Å². The summed E-state index contributed by atoms with van der Waals surface area (Å²) >= 11 is 0. The van der Waals surface area contributed by atoms with Gasteiger partial charge < -0.3 is 14.7 Å². The molecule has 1 aromatic rings. The molecule has 1 aliphatic heterocycles. The highest BCUT2D eigenvalue weighted by Crippen LogP contribution is 2.05. The van der Waals surface area contributed by atoms with E-state index in [1.165, 1.54) is 0 Å². The number of carbonyl (C=O) groups is 2. The number of hydrogen-bond acceptors (Lipinski definition) is 4. The number of amides is 2. The predicted molar refractivity (Wildman–Crippen MR) is 84.3 cm³/mol. The Labute approximate surface area is 131 Å².